The Morgan fingerprint density at radius 3 is 1.17 bits per heavy atom. The van der Waals surface area contributed by atoms with E-state index in [1.165, 1.54) is 4.90 Å². The van der Waals surface area contributed by atoms with Gasteiger partial charge in [-0.2, -0.15) is 0 Å². The number of alkyl carbamates (subject to hydrolysis) is 1. The van der Waals surface area contributed by atoms with Gasteiger partial charge in [-0.25, -0.2) is 4.79 Å². The topological polar surface area (TPSA) is 168 Å². The molecule has 1 heterocycles. The van der Waals surface area contributed by atoms with Crippen LogP contribution < -0.4 is 5.32 Å². The number of carbonyl (C=O) groups is 3. The van der Waals surface area contributed by atoms with Gasteiger partial charge in [0.1, 0.15) is 6.61 Å². The Hall–Kier alpha value is -3.55. The third-order valence-electron chi connectivity index (χ3n) is 7.41. The molecule has 0 radical (unpaired) electrons. The first-order valence-corrected chi connectivity index (χ1v) is 18.3. The highest BCUT2D eigenvalue weighted by Gasteiger charge is 2.34. The van der Waals surface area contributed by atoms with Crippen molar-refractivity contribution < 1.29 is 66.5 Å². The minimum atomic E-state index is -0.476. The normalized spacial score (nSPS) is 12.4. The molecule has 0 aliphatic carbocycles. The van der Waals surface area contributed by atoms with E-state index in [1.807, 2.05) is 30.3 Å². The van der Waals surface area contributed by atoms with Crippen LogP contribution in [0.2, 0.25) is 0 Å². The van der Waals surface area contributed by atoms with Crippen LogP contribution >= 0.6 is 0 Å². The average molecular weight is 765 g/mol. The van der Waals surface area contributed by atoms with Gasteiger partial charge in [0.25, 0.3) is 11.8 Å². The summed E-state index contributed by atoms with van der Waals surface area (Å²) in [5.41, 5.74) is 1.81. The first-order valence-electron chi connectivity index (χ1n) is 18.3. The molecule has 0 bridgehead atoms. The van der Waals surface area contributed by atoms with Gasteiger partial charge >= 0.3 is 6.09 Å². The first-order chi connectivity index (χ1) is 26.7. The second kappa shape index (κ2) is 30.7. The summed E-state index contributed by atoms with van der Waals surface area (Å²) < 4.78 is 59.8. The van der Waals surface area contributed by atoms with Crippen LogP contribution in [0.1, 0.15) is 26.3 Å². The molecule has 2 aromatic rings. The van der Waals surface area contributed by atoms with Crippen LogP contribution in [0.15, 0.2) is 54.6 Å². The third kappa shape index (κ3) is 20.8. The number of hydrogen-bond donors (Lipinski definition) is 1. The molecule has 16 heteroatoms. The fraction of sp³-hybridized carbons (Fsp3) is 0.605. The van der Waals surface area contributed by atoms with Gasteiger partial charge < -0.3 is 57.4 Å². The van der Waals surface area contributed by atoms with E-state index in [4.69, 9.17) is 52.1 Å². The molecule has 16 nitrogen and oxygen atoms in total. The van der Waals surface area contributed by atoms with Crippen LogP contribution in [-0.4, -0.2) is 168 Å². The van der Waals surface area contributed by atoms with Crippen LogP contribution in [0.4, 0.5) is 4.79 Å². The lowest BCUT2D eigenvalue weighted by molar-refractivity contribution is -0.0264. The van der Waals surface area contributed by atoms with Crippen LogP contribution in [0.5, 0.6) is 0 Å². The maximum atomic E-state index is 12.3. The van der Waals surface area contributed by atoms with Gasteiger partial charge in [0.15, 0.2) is 0 Å². The van der Waals surface area contributed by atoms with Crippen LogP contribution in [0.25, 0.3) is 0 Å². The van der Waals surface area contributed by atoms with Crippen molar-refractivity contribution in [1.82, 2.24) is 10.2 Å². The predicted octanol–water partition coefficient (Wildman–Crippen LogP) is 2.38. The van der Waals surface area contributed by atoms with Crippen molar-refractivity contribution in [3.63, 3.8) is 0 Å². The van der Waals surface area contributed by atoms with Gasteiger partial charge in [-0.15, -0.1) is 0 Å². The maximum absolute atomic E-state index is 12.3. The second-order valence-electron chi connectivity index (χ2n) is 11.4. The average Bonchev–Trinajstić information content (AvgIpc) is 3.44. The summed E-state index contributed by atoms with van der Waals surface area (Å²) in [6, 6.07) is 16.3. The number of nitrogens with one attached hydrogen (secondary N) is 1. The fourth-order valence-electron chi connectivity index (χ4n) is 4.68. The molecule has 1 aliphatic rings. The second-order valence-corrected chi connectivity index (χ2v) is 11.4. The zero-order valence-electron chi connectivity index (χ0n) is 31.1. The molecule has 302 valence electrons. The number of benzene rings is 2. The van der Waals surface area contributed by atoms with E-state index in [9.17, 15) is 14.4 Å². The number of fused-ring (bicyclic) bond motifs is 1. The van der Waals surface area contributed by atoms with Crippen molar-refractivity contribution in [2.45, 2.75) is 6.61 Å². The molecule has 0 saturated heterocycles. The van der Waals surface area contributed by atoms with E-state index in [0.717, 1.165) is 5.56 Å². The largest absolute Gasteiger partial charge is 0.445 e. The Morgan fingerprint density at radius 2 is 0.778 bits per heavy atom. The van der Waals surface area contributed by atoms with Gasteiger partial charge in [0.05, 0.1) is 150 Å². The highest BCUT2D eigenvalue weighted by molar-refractivity contribution is 6.21. The zero-order valence-corrected chi connectivity index (χ0v) is 31.1. The summed E-state index contributed by atoms with van der Waals surface area (Å²) in [7, 11) is 0. The van der Waals surface area contributed by atoms with Crippen LogP contribution in [0.3, 0.4) is 0 Å². The van der Waals surface area contributed by atoms with Gasteiger partial charge in [-0.05, 0) is 17.7 Å². The summed E-state index contributed by atoms with van der Waals surface area (Å²) in [6.07, 6.45) is -0.476. The lowest BCUT2D eigenvalue weighted by Gasteiger charge is -2.13. The number of hydrogen-bond acceptors (Lipinski definition) is 14. The van der Waals surface area contributed by atoms with Gasteiger partial charge in [-0.1, -0.05) is 42.5 Å². The molecule has 1 N–H and O–H groups in total. The monoisotopic (exact) mass is 764 g/mol. The van der Waals surface area contributed by atoms with Crippen molar-refractivity contribution in [2.75, 3.05) is 145 Å². The molecule has 0 saturated carbocycles. The SMILES string of the molecule is O=C(NCCOCCOCCOCCOCCOCCOCCOCCOCCOCCOCCN1C(=O)c2ccccc2C1=O)OCc1ccccc1. The molecule has 2 aromatic carbocycles. The van der Waals surface area contributed by atoms with Gasteiger partial charge in [0, 0.05) is 6.54 Å². The molecule has 0 unspecified atom stereocenters. The van der Waals surface area contributed by atoms with E-state index in [0.29, 0.717) is 143 Å². The summed E-state index contributed by atoms with van der Waals surface area (Å²) >= 11 is 0. The molecule has 0 atom stereocenters. The standard InChI is InChI=1S/C38H56N2O14/c41-36-34-8-4-5-9-35(34)37(42)40(36)11-13-45-15-17-47-19-21-49-23-25-51-27-29-53-31-30-52-28-26-50-24-22-48-20-18-46-16-14-44-12-10-39-38(43)54-32-33-6-2-1-3-7-33/h1-9H,10-32H2,(H,39,43). The third-order valence-corrected chi connectivity index (χ3v) is 7.41. The number of ether oxygens (including phenoxy) is 11. The first kappa shape index (κ1) is 44.8. The number of rotatable bonds is 35. The summed E-state index contributed by atoms with van der Waals surface area (Å²) in [6.45, 7) is 9.49. The molecular weight excluding hydrogens is 708 g/mol. The van der Waals surface area contributed by atoms with E-state index in [2.05, 4.69) is 5.32 Å². The molecule has 0 fully saturated rings. The van der Waals surface area contributed by atoms with Gasteiger partial charge in [0.2, 0.25) is 0 Å². The van der Waals surface area contributed by atoms with Crippen molar-refractivity contribution in [3.05, 3.63) is 71.3 Å². The summed E-state index contributed by atoms with van der Waals surface area (Å²) in [4.78, 5) is 37.5. The highest BCUT2D eigenvalue weighted by atomic mass is 16.6. The van der Waals surface area contributed by atoms with E-state index >= 15 is 0 Å². The van der Waals surface area contributed by atoms with Gasteiger partial charge in [-0.3, -0.25) is 14.5 Å². The van der Waals surface area contributed by atoms with E-state index in [-0.39, 0.29) is 31.6 Å². The molecule has 3 amide bonds. The van der Waals surface area contributed by atoms with Crippen molar-refractivity contribution >= 4 is 17.9 Å². The number of amides is 3. The summed E-state index contributed by atoms with van der Waals surface area (Å²) in [5, 5.41) is 2.64. The molecule has 3 rings (SSSR count). The number of carbonyl (C=O) groups excluding carboxylic acids is 3. The molecule has 0 aromatic heterocycles. The highest BCUT2D eigenvalue weighted by Crippen LogP contribution is 2.21. The lowest BCUT2D eigenvalue weighted by atomic mass is 10.1. The maximum Gasteiger partial charge on any atom is 0.407 e. The molecule has 1 aliphatic heterocycles. The van der Waals surface area contributed by atoms with Crippen molar-refractivity contribution in [3.8, 4) is 0 Å². The molecule has 54 heavy (non-hydrogen) atoms. The Labute approximate surface area is 317 Å². The molecule has 0 spiro atoms. The van der Waals surface area contributed by atoms with E-state index in [1.54, 1.807) is 24.3 Å². The van der Waals surface area contributed by atoms with Crippen molar-refractivity contribution in [1.29, 1.82) is 0 Å². The Kier molecular flexibility index (Phi) is 25.5. The zero-order chi connectivity index (χ0) is 38.2. The molecular formula is C38H56N2O14. The van der Waals surface area contributed by atoms with E-state index < -0.39 is 6.09 Å². The Balaban J connectivity index is 0.914. The smallest absolute Gasteiger partial charge is 0.407 e. The lowest BCUT2D eigenvalue weighted by Crippen LogP contribution is -2.33. The minimum absolute atomic E-state index is 0.208. The van der Waals surface area contributed by atoms with Crippen molar-refractivity contribution in [2.24, 2.45) is 0 Å². The number of imide groups is 1. The minimum Gasteiger partial charge on any atom is -0.445 e. The quantitative estimate of drug-likeness (QED) is 0.0803. The number of nitrogens with zero attached hydrogens (tertiary/aromatic N) is 1. The Bertz CT molecular complexity index is 1240. The van der Waals surface area contributed by atoms with Crippen LogP contribution in [0, 0.1) is 0 Å². The fourth-order valence-corrected chi connectivity index (χ4v) is 4.68. The van der Waals surface area contributed by atoms with Crippen LogP contribution in [-0.2, 0) is 58.7 Å². The predicted molar refractivity (Wildman–Crippen MR) is 195 cm³/mol. The Morgan fingerprint density at radius 1 is 0.444 bits per heavy atom. The summed E-state index contributed by atoms with van der Waals surface area (Å²) in [5.74, 6) is -0.564.